The van der Waals surface area contributed by atoms with Crippen molar-refractivity contribution in [2.45, 2.75) is 11.8 Å². The van der Waals surface area contributed by atoms with E-state index < -0.39 is 15.9 Å². The monoisotopic (exact) mass is 483 g/mol. The van der Waals surface area contributed by atoms with Crippen LogP contribution in [-0.2, 0) is 10.0 Å². The number of para-hydroxylation sites is 1. The molecule has 33 heavy (non-hydrogen) atoms. The second-order valence-corrected chi connectivity index (χ2v) is 9.58. The average Bonchev–Trinajstić information content (AvgIpc) is 3.22. The maximum Gasteiger partial charge on any atom is 0.261 e. The number of fused-ring (bicyclic) bond motifs is 1. The molecule has 1 aromatic heterocycles. The van der Waals surface area contributed by atoms with Crippen molar-refractivity contribution in [3.05, 3.63) is 72.3 Å². The van der Waals surface area contributed by atoms with Crippen molar-refractivity contribution in [2.75, 3.05) is 23.8 Å². The van der Waals surface area contributed by atoms with Crippen molar-refractivity contribution in [1.29, 1.82) is 0 Å². The second kappa shape index (κ2) is 9.47. The highest BCUT2D eigenvalue weighted by Gasteiger charge is 2.16. The normalized spacial score (nSPS) is 11.2. The highest BCUT2D eigenvalue weighted by atomic mass is 32.2. The molecule has 0 saturated carbocycles. The maximum absolute atomic E-state index is 12.8. The Morgan fingerprint density at radius 3 is 2.55 bits per heavy atom. The van der Waals surface area contributed by atoms with Crippen LogP contribution in [-0.4, -0.2) is 33.0 Å². The topological polar surface area (TPSA) is 107 Å². The molecule has 1 amide bonds. The van der Waals surface area contributed by atoms with Crippen molar-refractivity contribution in [3.63, 3.8) is 0 Å². The van der Waals surface area contributed by atoms with E-state index in [1.54, 1.807) is 30.3 Å². The number of hydrogen-bond donors (Lipinski definition) is 2. The highest BCUT2D eigenvalue weighted by Crippen LogP contribution is 2.32. The number of nitrogens with zero attached hydrogens (tertiary/aromatic N) is 1. The van der Waals surface area contributed by atoms with Gasteiger partial charge in [-0.15, -0.1) is 0 Å². The minimum Gasteiger partial charge on any atom is -0.497 e. The highest BCUT2D eigenvalue weighted by molar-refractivity contribution is 7.92. The predicted octanol–water partition coefficient (Wildman–Crippen LogP) is 4.76. The molecule has 0 aliphatic rings. The van der Waals surface area contributed by atoms with Gasteiger partial charge in [0.2, 0.25) is 0 Å². The summed E-state index contributed by atoms with van der Waals surface area (Å²) in [6.07, 6.45) is 0. The van der Waals surface area contributed by atoms with Crippen molar-refractivity contribution in [1.82, 2.24) is 4.98 Å². The number of aromatic nitrogens is 1. The van der Waals surface area contributed by atoms with E-state index in [9.17, 15) is 13.2 Å². The van der Waals surface area contributed by atoms with E-state index >= 15 is 0 Å². The van der Waals surface area contributed by atoms with Crippen molar-refractivity contribution in [2.24, 2.45) is 0 Å². The summed E-state index contributed by atoms with van der Waals surface area (Å²) in [6.45, 7) is 2.40. The number of hydrogen-bond acceptors (Lipinski definition) is 7. The number of ether oxygens (including phenoxy) is 2. The summed E-state index contributed by atoms with van der Waals surface area (Å²) in [4.78, 5) is 17.3. The molecule has 10 heteroatoms. The molecule has 170 valence electrons. The standard InChI is InChI=1S/C23H21N3O5S2/c1-3-31-19-8-5-9-20-21(19)24-23(32-20)25-22(27)15-6-4-7-16(14-15)26-33(28,29)18-12-10-17(30-2)11-13-18/h4-14,26H,3H2,1-2H3,(H,24,25,27). The van der Waals surface area contributed by atoms with E-state index in [0.717, 1.165) is 4.70 Å². The zero-order chi connectivity index (χ0) is 23.4. The molecule has 4 aromatic rings. The fraction of sp³-hybridized carbons (Fsp3) is 0.130. The first-order valence-corrected chi connectivity index (χ1v) is 12.3. The molecule has 0 aliphatic carbocycles. The van der Waals surface area contributed by atoms with E-state index in [-0.39, 0.29) is 16.1 Å². The Morgan fingerprint density at radius 2 is 1.82 bits per heavy atom. The number of thiazole rings is 1. The Morgan fingerprint density at radius 1 is 1.06 bits per heavy atom. The Kier molecular flexibility index (Phi) is 6.47. The lowest BCUT2D eigenvalue weighted by molar-refractivity contribution is 0.102. The third kappa shape index (κ3) is 5.07. The summed E-state index contributed by atoms with van der Waals surface area (Å²) in [5.41, 5.74) is 1.23. The van der Waals surface area contributed by atoms with Gasteiger partial charge in [-0.2, -0.15) is 0 Å². The first-order chi connectivity index (χ1) is 15.9. The van der Waals surface area contributed by atoms with Gasteiger partial charge >= 0.3 is 0 Å². The van der Waals surface area contributed by atoms with Crippen LogP contribution in [0.4, 0.5) is 10.8 Å². The summed E-state index contributed by atoms with van der Waals surface area (Å²) < 4.78 is 39.4. The molecule has 4 rings (SSSR count). The number of anilines is 2. The lowest BCUT2D eigenvalue weighted by Gasteiger charge is -2.10. The van der Waals surface area contributed by atoms with Crippen molar-refractivity contribution < 1.29 is 22.7 Å². The molecule has 1 heterocycles. The van der Waals surface area contributed by atoms with Gasteiger partial charge in [-0.1, -0.05) is 23.5 Å². The van der Waals surface area contributed by atoms with E-state index in [2.05, 4.69) is 15.0 Å². The Labute approximate surface area is 195 Å². The second-order valence-electron chi connectivity index (χ2n) is 6.87. The van der Waals surface area contributed by atoms with Crippen LogP contribution in [0.3, 0.4) is 0 Å². The third-order valence-corrected chi connectivity index (χ3v) is 6.98. The molecule has 0 saturated heterocycles. The largest absolute Gasteiger partial charge is 0.497 e. The minimum atomic E-state index is -3.83. The van der Waals surface area contributed by atoms with Crippen LogP contribution >= 0.6 is 11.3 Å². The van der Waals surface area contributed by atoms with Crippen LogP contribution in [0, 0.1) is 0 Å². The van der Waals surface area contributed by atoms with Crippen LogP contribution in [0.25, 0.3) is 10.2 Å². The maximum atomic E-state index is 12.8. The van der Waals surface area contributed by atoms with Gasteiger partial charge in [0.05, 0.1) is 23.3 Å². The molecular formula is C23H21N3O5S2. The Balaban J connectivity index is 1.52. The van der Waals surface area contributed by atoms with Crippen molar-refractivity contribution in [3.8, 4) is 11.5 Å². The number of amides is 1. The van der Waals surface area contributed by atoms with Crippen LogP contribution in [0.5, 0.6) is 11.5 Å². The fourth-order valence-electron chi connectivity index (χ4n) is 3.11. The van der Waals surface area contributed by atoms with Gasteiger partial charge in [-0.05, 0) is 61.5 Å². The summed E-state index contributed by atoms with van der Waals surface area (Å²) in [5, 5.41) is 3.20. The lowest BCUT2D eigenvalue weighted by Crippen LogP contribution is -2.15. The van der Waals surface area contributed by atoms with E-state index in [4.69, 9.17) is 9.47 Å². The number of sulfonamides is 1. The Hall–Kier alpha value is -3.63. The van der Waals surface area contributed by atoms with Gasteiger partial charge in [0.15, 0.2) is 5.13 Å². The van der Waals surface area contributed by atoms with Gasteiger partial charge in [-0.25, -0.2) is 13.4 Å². The molecule has 0 radical (unpaired) electrons. The molecule has 0 fully saturated rings. The SMILES string of the molecule is CCOc1cccc2sc(NC(=O)c3cccc(NS(=O)(=O)c4ccc(OC)cc4)c3)nc12. The number of carbonyl (C=O) groups is 1. The third-order valence-electron chi connectivity index (χ3n) is 4.65. The zero-order valence-electron chi connectivity index (χ0n) is 17.9. The van der Waals surface area contributed by atoms with Gasteiger partial charge in [0, 0.05) is 11.3 Å². The summed E-state index contributed by atoms with van der Waals surface area (Å²) in [5.74, 6) is 0.801. The molecule has 0 aliphatic heterocycles. The summed E-state index contributed by atoms with van der Waals surface area (Å²) in [7, 11) is -2.32. The van der Waals surface area contributed by atoms with Crippen LogP contribution in [0.1, 0.15) is 17.3 Å². The van der Waals surface area contributed by atoms with E-state index in [1.807, 2.05) is 25.1 Å². The molecule has 8 nitrogen and oxygen atoms in total. The molecule has 3 aromatic carbocycles. The molecule has 0 spiro atoms. The number of nitrogens with one attached hydrogen (secondary N) is 2. The Bertz CT molecular complexity index is 1400. The van der Waals surface area contributed by atoms with Gasteiger partial charge in [0.25, 0.3) is 15.9 Å². The van der Waals surface area contributed by atoms with Crippen LogP contribution in [0.2, 0.25) is 0 Å². The van der Waals surface area contributed by atoms with E-state index in [0.29, 0.717) is 28.8 Å². The number of rotatable bonds is 8. The first-order valence-electron chi connectivity index (χ1n) is 10.0. The van der Waals surface area contributed by atoms with Crippen molar-refractivity contribution >= 4 is 48.3 Å². The summed E-state index contributed by atoms with van der Waals surface area (Å²) in [6, 6.07) is 17.9. The summed E-state index contributed by atoms with van der Waals surface area (Å²) >= 11 is 1.33. The molecule has 0 bridgehead atoms. The zero-order valence-corrected chi connectivity index (χ0v) is 19.5. The van der Waals surface area contributed by atoms with Gasteiger partial charge in [0.1, 0.15) is 17.0 Å². The average molecular weight is 484 g/mol. The first kappa shape index (κ1) is 22.6. The molecule has 0 atom stereocenters. The quantitative estimate of drug-likeness (QED) is 0.374. The number of methoxy groups -OCH3 is 1. The molecular weight excluding hydrogens is 462 g/mol. The number of carbonyl (C=O) groups excluding carboxylic acids is 1. The van der Waals surface area contributed by atoms with Crippen LogP contribution in [0.15, 0.2) is 71.6 Å². The van der Waals surface area contributed by atoms with Crippen LogP contribution < -0.4 is 19.5 Å². The molecule has 0 unspecified atom stereocenters. The molecule has 2 N–H and O–H groups in total. The fourth-order valence-corrected chi connectivity index (χ4v) is 5.04. The van der Waals surface area contributed by atoms with Gasteiger partial charge in [-0.3, -0.25) is 14.8 Å². The van der Waals surface area contributed by atoms with Gasteiger partial charge < -0.3 is 9.47 Å². The predicted molar refractivity (Wildman–Crippen MR) is 129 cm³/mol. The number of benzene rings is 3. The minimum absolute atomic E-state index is 0.0812. The smallest absolute Gasteiger partial charge is 0.261 e. The lowest BCUT2D eigenvalue weighted by atomic mass is 10.2. The van der Waals surface area contributed by atoms with E-state index in [1.165, 1.54) is 36.6 Å².